The van der Waals surface area contributed by atoms with E-state index in [4.69, 9.17) is 0 Å². The SMILES string of the molecule is CCCc1c(C(C)NC)cnn1C(C)(C)C. The molecule has 0 spiro atoms. The summed E-state index contributed by atoms with van der Waals surface area (Å²) in [7, 11) is 1.99. The predicted molar refractivity (Wildman–Crippen MR) is 68.7 cm³/mol. The van der Waals surface area contributed by atoms with Crippen LogP contribution in [0.25, 0.3) is 0 Å². The molecule has 1 heterocycles. The monoisotopic (exact) mass is 223 g/mol. The van der Waals surface area contributed by atoms with Crippen molar-refractivity contribution in [1.82, 2.24) is 15.1 Å². The molecule has 0 aliphatic rings. The molecule has 3 nitrogen and oxygen atoms in total. The van der Waals surface area contributed by atoms with Crippen molar-refractivity contribution >= 4 is 0 Å². The normalized spacial score (nSPS) is 14.1. The molecule has 0 saturated carbocycles. The third-order valence-electron chi connectivity index (χ3n) is 2.92. The van der Waals surface area contributed by atoms with Crippen LogP contribution in [-0.4, -0.2) is 16.8 Å². The van der Waals surface area contributed by atoms with Crippen LogP contribution in [0.2, 0.25) is 0 Å². The fourth-order valence-corrected chi connectivity index (χ4v) is 1.97. The van der Waals surface area contributed by atoms with E-state index in [1.807, 2.05) is 13.2 Å². The summed E-state index contributed by atoms with van der Waals surface area (Å²) in [4.78, 5) is 0. The van der Waals surface area contributed by atoms with Gasteiger partial charge in [0.2, 0.25) is 0 Å². The number of aromatic nitrogens is 2. The van der Waals surface area contributed by atoms with Crippen LogP contribution in [0.3, 0.4) is 0 Å². The van der Waals surface area contributed by atoms with E-state index in [0.717, 1.165) is 12.8 Å². The summed E-state index contributed by atoms with van der Waals surface area (Å²) < 4.78 is 2.17. The van der Waals surface area contributed by atoms with Gasteiger partial charge in [-0.05, 0) is 41.2 Å². The molecular weight excluding hydrogens is 198 g/mol. The smallest absolute Gasteiger partial charge is 0.0546 e. The lowest BCUT2D eigenvalue weighted by Gasteiger charge is -2.23. The largest absolute Gasteiger partial charge is 0.313 e. The Balaban J connectivity index is 3.16. The van der Waals surface area contributed by atoms with Crippen molar-refractivity contribution in [3.63, 3.8) is 0 Å². The number of nitrogens with one attached hydrogen (secondary N) is 1. The van der Waals surface area contributed by atoms with Crippen molar-refractivity contribution < 1.29 is 0 Å². The minimum Gasteiger partial charge on any atom is -0.313 e. The van der Waals surface area contributed by atoms with Gasteiger partial charge >= 0.3 is 0 Å². The summed E-state index contributed by atoms with van der Waals surface area (Å²) in [6.45, 7) is 11.0. The van der Waals surface area contributed by atoms with E-state index in [-0.39, 0.29) is 5.54 Å². The van der Waals surface area contributed by atoms with Crippen molar-refractivity contribution in [2.24, 2.45) is 0 Å². The summed E-state index contributed by atoms with van der Waals surface area (Å²) in [5, 5.41) is 7.84. The van der Waals surface area contributed by atoms with Gasteiger partial charge in [-0.25, -0.2) is 0 Å². The third-order valence-corrected chi connectivity index (χ3v) is 2.92. The van der Waals surface area contributed by atoms with Gasteiger partial charge < -0.3 is 5.32 Å². The van der Waals surface area contributed by atoms with Gasteiger partial charge in [0.1, 0.15) is 0 Å². The zero-order valence-electron chi connectivity index (χ0n) is 11.5. The Morgan fingerprint density at radius 3 is 2.50 bits per heavy atom. The molecule has 16 heavy (non-hydrogen) atoms. The molecule has 92 valence electrons. The molecular formula is C13H25N3. The van der Waals surface area contributed by atoms with Gasteiger partial charge in [0.15, 0.2) is 0 Å². The Labute approximate surface area is 99.2 Å². The molecule has 0 amide bonds. The lowest BCUT2D eigenvalue weighted by Crippen LogP contribution is -2.26. The quantitative estimate of drug-likeness (QED) is 0.850. The van der Waals surface area contributed by atoms with Crippen molar-refractivity contribution in [2.45, 2.75) is 59.0 Å². The van der Waals surface area contributed by atoms with Crippen LogP contribution in [0.1, 0.15) is 58.3 Å². The topological polar surface area (TPSA) is 29.9 Å². The van der Waals surface area contributed by atoms with Gasteiger partial charge in [0.05, 0.1) is 11.7 Å². The number of hydrogen-bond donors (Lipinski definition) is 1. The van der Waals surface area contributed by atoms with Crippen LogP contribution >= 0.6 is 0 Å². The maximum absolute atomic E-state index is 4.55. The second kappa shape index (κ2) is 5.00. The average Bonchev–Trinajstić information content (AvgIpc) is 2.60. The molecule has 1 unspecified atom stereocenters. The predicted octanol–water partition coefficient (Wildman–Crippen LogP) is 2.87. The Morgan fingerprint density at radius 2 is 2.06 bits per heavy atom. The maximum atomic E-state index is 4.55. The van der Waals surface area contributed by atoms with Gasteiger partial charge in [-0.3, -0.25) is 4.68 Å². The van der Waals surface area contributed by atoms with Crippen molar-refractivity contribution in [3.8, 4) is 0 Å². The minimum atomic E-state index is 0.0657. The van der Waals surface area contributed by atoms with E-state index >= 15 is 0 Å². The molecule has 1 rings (SSSR count). The maximum Gasteiger partial charge on any atom is 0.0546 e. The Morgan fingerprint density at radius 1 is 1.44 bits per heavy atom. The molecule has 1 aromatic rings. The van der Waals surface area contributed by atoms with E-state index in [0.29, 0.717) is 6.04 Å². The second-order valence-electron chi connectivity index (χ2n) is 5.39. The number of rotatable bonds is 4. The molecule has 0 saturated heterocycles. The number of hydrogen-bond acceptors (Lipinski definition) is 2. The van der Waals surface area contributed by atoms with E-state index in [1.54, 1.807) is 0 Å². The molecule has 1 aromatic heterocycles. The third kappa shape index (κ3) is 2.64. The highest BCUT2D eigenvalue weighted by atomic mass is 15.3. The molecule has 0 radical (unpaired) electrons. The van der Waals surface area contributed by atoms with Gasteiger partial charge in [0, 0.05) is 17.3 Å². The second-order valence-corrected chi connectivity index (χ2v) is 5.39. The van der Waals surface area contributed by atoms with Crippen LogP contribution in [0, 0.1) is 0 Å². The summed E-state index contributed by atoms with van der Waals surface area (Å²) in [5.74, 6) is 0. The van der Waals surface area contributed by atoms with Crippen molar-refractivity contribution in [3.05, 3.63) is 17.5 Å². The Hall–Kier alpha value is -0.830. The first-order chi connectivity index (χ1) is 7.41. The summed E-state index contributed by atoms with van der Waals surface area (Å²) >= 11 is 0. The van der Waals surface area contributed by atoms with Gasteiger partial charge in [-0.15, -0.1) is 0 Å². The first-order valence-electron chi connectivity index (χ1n) is 6.16. The standard InChI is InChI=1S/C13H25N3/c1-7-8-12-11(10(2)14-6)9-15-16(12)13(3,4)5/h9-10,14H,7-8H2,1-6H3. The van der Waals surface area contributed by atoms with E-state index < -0.39 is 0 Å². The lowest BCUT2D eigenvalue weighted by atomic mass is 10.0. The van der Waals surface area contributed by atoms with Crippen LogP contribution in [0.5, 0.6) is 0 Å². The van der Waals surface area contributed by atoms with Crippen LogP contribution in [-0.2, 0) is 12.0 Å². The molecule has 0 aliphatic carbocycles. The Kier molecular flexibility index (Phi) is 4.14. The summed E-state index contributed by atoms with van der Waals surface area (Å²) in [6, 6.07) is 0.373. The molecule has 3 heteroatoms. The highest BCUT2D eigenvalue weighted by Crippen LogP contribution is 2.24. The van der Waals surface area contributed by atoms with Crippen LogP contribution in [0.15, 0.2) is 6.20 Å². The van der Waals surface area contributed by atoms with Crippen molar-refractivity contribution in [2.75, 3.05) is 7.05 Å². The van der Waals surface area contributed by atoms with Crippen molar-refractivity contribution in [1.29, 1.82) is 0 Å². The molecule has 0 aliphatic heterocycles. The minimum absolute atomic E-state index is 0.0657. The molecule has 0 bridgehead atoms. The van der Waals surface area contributed by atoms with Gasteiger partial charge in [-0.1, -0.05) is 13.3 Å². The fourth-order valence-electron chi connectivity index (χ4n) is 1.97. The zero-order chi connectivity index (χ0) is 12.3. The molecule has 1 atom stereocenters. The summed E-state index contributed by atoms with van der Waals surface area (Å²) in [5.41, 5.74) is 2.77. The zero-order valence-corrected chi connectivity index (χ0v) is 11.5. The molecule has 1 N–H and O–H groups in total. The molecule has 0 aromatic carbocycles. The summed E-state index contributed by atoms with van der Waals surface area (Å²) in [6.07, 6.45) is 4.27. The molecule has 0 fully saturated rings. The van der Waals surface area contributed by atoms with Gasteiger partial charge in [0.25, 0.3) is 0 Å². The fraction of sp³-hybridized carbons (Fsp3) is 0.769. The highest BCUT2D eigenvalue weighted by molar-refractivity contribution is 5.22. The van der Waals surface area contributed by atoms with Crippen LogP contribution in [0.4, 0.5) is 0 Å². The van der Waals surface area contributed by atoms with Crippen LogP contribution < -0.4 is 5.32 Å². The first-order valence-corrected chi connectivity index (χ1v) is 6.16. The van der Waals surface area contributed by atoms with Gasteiger partial charge in [-0.2, -0.15) is 5.10 Å². The lowest BCUT2D eigenvalue weighted by molar-refractivity contribution is 0.342. The average molecular weight is 223 g/mol. The number of nitrogens with zero attached hydrogens (tertiary/aromatic N) is 2. The Bertz CT molecular complexity index is 333. The van der Waals surface area contributed by atoms with E-state index in [1.165, 1.54) is 11.3 Å². The van der Waals surface area contributed by atoms with E-state index in [9.17, 15) is 0 Å². The van der Waals surface area contributed by atoms with E-state index in [2.05, 4.69) is 49.7 Å². The highest BCUT2D eigenvalue weighted by Gasteiger charge is 2.21. The first kappa shape index (κ1) is 13.2.